The maximum Gasteiger partial charge on any atom is 0.147 e. The maximum absolute atomic E-state index is 5.56. The van der Waals surface area contributed by atoms with Gasteiger partial charge in [-0.2, -0.15) is 0 Å². The van der Waals surface area contributed by atoms with Crippen LogP contribution < -0.4 is 0 Å². The van der Waals surface area contributed by atoms with Gasteiger partial charge < -0.3 is 4.98 Å². The van der Waals surface area contributed by atoms with Gasteiger partial charge >= 0.3 is 0 Å². The fourth-order valence-electron chi connectivity index (χ4n) is 8.01. The van der Waals surface area contributed by atoms with Crippen LogP contribution in [0.1, 0.15) is 31.9 Å². The van der Waals surface area contributed by atoms with E-state index in [1.54, 1.807) is 0 Å². The van der Waals surface area contributed by atoms with Crippen molar-refractivity contribution in [2.75, 3.05) is 0 Å². The second kappa shape index (κ2) is 11.3. The van der Waals surface area contributed by atoms with E-state index in [0.717, 1.165) is 67.1 Å². The monoisotopic (exact) mass is 671 g/mol. The molecule has 10 rings (SSSR count). The van der Waals surface area contributed by atoms with Crippen molar-refractivity contribution in [1.29, 1.82) is 0 Å². The minimum atomic E-state index is 0.0193. The first-order valence-corrected chi connectivity index (χ1v) is 17.9. The first-order chi connectivity index (χ1) is 25.3. The highest BCUT2D eigenvalue weighted by Crippen LogP contribution is 2.41. The Hall–Kier alpha value is -6.46. The van der Waals surface area contributed by atoms with Crippen LogP contribution in [0.4, 0.5) is 0 Å². The minimum Gasteiger partial charge on any atom is -0.354 e. The van der Waals surface area contributed by atoms with Crippen molar-refractivity contribution in [2.45, 2.75) is 33.1 Å². The molecular formula is C47H37N5. The van der Waals surface area contributed by atoms with Crippen LogP contribution in [0.25, 0.3) is 88.7 Å². The van der Waals surface area contributed by atoms with Gasteiger partial charge in [-0.3, -0.25) is 9.13 Å². The summed E-state index contributed by atoms with van der Waals surface area (Å²) in [5.74, 6) is 1.81. The van der Waals surface area contributed by atoms with E-state index in [9.17, 15) is 0 Å². The van der Waals surface area contributed by atoms with Crippen LogP contribution in [0.2, 0.25) is 0 Å². The minimum absolute atomic E-state index is 0.0193. The lowest BCUT2D eigenvalue weighted by atomic mass is 9.86. The second-order valence-corrected chi connectivity index (χ2v) is 14.9. The summed E-state index contributed by atoms with van der Waals surface area (Å²) in [6.45, 7) is 8.97. The van der Waals surface area contributed by atoms with Crippen molar-refractivity contribution in [2.24, 2.45) is 0 Å². The summed E-state index contributed by atoms with van der Waals surface area (Å²) < 4.78 is 4.63. The molecule has 250 valence electrons. The predicted molar refractivity (Wildman–Crippen MR) is 217 cm³/mol. The van der Waals surface area contributed by atoms with Crippen molar-refractivity contribution in [3.63, 3.8) is 0 Å². The Morgan fingerprint density at radius 3 is 2.15 bits per heavy atom. The number of aryl methyl sites for hydroxylation is 1. The summed E-state index contributed by atoms with van der Waals surface area (Å²) >= 11 is 0. The Morgan fingerprint density at radius 2 is 1.35 bits per heavy atom. The maximum atomic E-state index is 5.56. The van der Waals surface area contributed by atoms with E-state index in [0.29, 0.717) is 0 Å². The van der Waals surface area contributed by atoms with Gasteiger partial charge in [0.15, 0.2) is 0 Å². The summed E-state index contributed by atoms with van der Waals surface area (Å²) in [7, 11) is 0. The van der Waals surface area contributed by atoms with E-state index in [-0.39, 0.29) is 5.41 Å². The lowest BCUT2D eigenvalue weighted by Gasteiger charge is -2.19. The van der Waals surface area contributed by atoms with Crippen molar-refractivity contribution in [1.82, 2.24) is 24.1 Å². The molecule has 0 spiro atoms. The summed E-state index contributed by atoms with van der Waals surface area (Å²) in [6, 6.07) is 50.1. The highest BCUT2D eigenvalue weighted by Gasteiger charge is 2.23. The van der Waals surface area contributed by atoms with E-state index in [1.807, 2.05) is 12.3 Å². The zero-order valence-electron chi connectivity index (χ0n) is 29.6. The molecule has 0 bridgehead atoms. The molecule has 0 fully saturated rings. The molecule has 0 aliphatic rings. The number of imidazole rings is 1. The Labute approximate surface area is 301 Å². The number of hydrogen-bond acceptors (Lipinski definition) is 2. The van der Waals surface area contributed by atoms with Crippen LogP contribution in [-0.4, -0.2) is 24.1 Å². The van der Waals surface area contributed by atoms with Gasteiger partial charge in [-0.1, -0.05) is 99.6 Å². The quantitative estimate of drug-likeness (QED) is 0.202. The SMILES string of the molecule is Cc1cc(-c2nc3c(-c4ccc5c6ccc(C(C)(C)C)cc6n(-c6ccccn6)c5c4)cccc3n2-c2ccccc2)c2[nH]c3ccccc3c2c1. The molecule has 0 aliphatic heterocycles. The first kappa shape index (κ1) is 30.4. The number of H-pyrrole nitrogens is 1. The fraction of sp³-hybridized carbons (Fsp3) is 0.106. The average molecular weight is 672 g/mol. The van der Waals surface area contributed by atoms with Crippen LogP contribution in [-0.2, 0) is 5.41 Å². The molecule has 5 heteroatoms. The van der Waals surface area contributed by atoms with E-state index >= 15 is 0 Å². The van der Waals surface area contributed by atoms with Crippen molar-refractivity contribution < 1.29 is 0 Å². The topological polar surface area (TPSA) is 51.4 Å². The van der Waals surface area contributed by atoms with E-state index < -0.39 is 0 Å². The van der Waals surface area contributed by atoms with Gasteiger partial charge in [0.05, 0.1) is 27.6 Å². The van der Waals surface area contributed by atoms with Gasteiger partial charge in [0.25, 0.3) is 0 Å². The zero-order chi connectivity index (χ0) is 35.1. The number of rotatable bonds is 4. The molecule has 0 amide bonds. The second-order valence-electron chi connectivity index (χ2n) is 14.9. The largest absolute Gasteiger partial charge is 0.354 e. The van der Waals surface area contributed by atoms with Gasteiger partial charge in [-0.15, -0.1) is 0 Å². The molecule has 0 radical (unpaired) electrons. The van der Waals surface area contributed by atoms with Crippen LogP contribution in [0.3, 0.4) is 0 Å². The smallest absolute Gasteiger partial charge is 0.147 e. The number of pyridine rings is 1. The van der Waals surface area contributed by atoms with Crippen molar-refractivity contribution in [3.05, 3.63) is 157 Å². The number of benzene rings is 6. The van der Waals surface area contributed by atoms with Gasteiger partial charge in [0.1, 0.15) is 11.6 Å². The third-order valence-electron chi connectivity index (χ3n) is 10.5. The summed E-state index contributed by atoms with van der Waals surface area (Å²) in [5.41, 5.74) is 13.4. The molecule has 0 unspecified atom stereocenters. The number of hydrogen-bond donors (Lipinski definition) is 1. The lowest BCUT2D eigenvalue weighted by Crippen LogP contribution is -2.10. The fourth-order valence-corrected chi connectivity index (χ4v) is 8.01. The molecule has 4 heterocycles. The first-order valence-electron chi connectivity index (χ1n) is 17.9. The van der Waals surface area contributed by atoms with Gasteiger partial charge in [-0.25, -0.2) is 9.97 Å². The molecule has 52 heavy (non-hydrogen) atoms. The molecule has 6 aromatic carbocycles. The Balaban J connectivity index is 1.26. The van der Waals surface area contributed by atoms with Gasteiger partial charge in [0.2, 0.25) is 0 Å². The van der Waals surface area contributed by atoms with Crippen LogP contribution in [0.5, 0.6) is 0 Å². The number of aromatic amines is 1. The summed E-state index contributed by atoms with van der Waals surface area (Å²) in [6.07, 6.45) is 1.87. The molecule has 0 saturated heterocycles. The van der Waals surface area contributed by atoms with Gasteiger partial charge in [0, 0.05) is 50.1 Å². The molecular weight excluding hydrogens is 635 g/mol. The van der Waals surface area contributed by atoms with Crippen molar-refractivity contribution >= 4 is 54.6 Å². The molecule has 1 N–H and O–H groups in total. The highest BCUT2D eigenvalue weighted by atomic mass is 15.1. The lowest BCUT2D eigenvalue weighted by molar-refractivity contribution is 0.591. The molecule has 4 aromatic heterocycles. The Bertz CT molecular complexity index is 2990. The number of aromatic nitrogens is 5. The standard InChI is InChI=1S/C47H37N5/c1-29-25-37-34-15-8-9-17-39(34)49-44(37)38(26-29)46-50-45-33(16-12-18-40(45)51(46)32-13-6-5-7-14-32)30-20-22-35-36-23-21-31(47(2,3)4)28-42(36)52(41(35)27-30)43-19-10-11-24-48-43/h5-28,49H,1-4H3. The van der Waals surface area contributed by atoms with Crippen LogP contribution in [0.15, 0.2) is 146 Å². The van der Waals surface area contributed by atoms with Crippen molar-refractivity contribution in [3.8, 4) is 34.0 Å². The molecule has 0 atom stereocenters. The third kappa shape index (κ3) is 4.62. The van der Waals surface area contributed by atoms with E-state index in [4.69, 9.17) is 9.97 Å². The Kier molecular flexibility index (Phi) is 6.58. The number of fused-ring (bicyclic) bond motifs is 7. The Morgan fingerprint density at radius 1 is 0.577 bits per heavy atom. The molecule has 5 nitrogen and oxygen atoms in total. The van der Waals surface area contributed by atoms with E-state index in [2.05, 4.69) is 175 Å². The average Bonchev–Trinajstić information content (AvgIpc) is 3.84. The predicted octanol–water partition coefficient (Wildman–Crippen LogP) is 12.1. The normalized spacial score (nSPS) is 12.2. The summed E-state index contributed by atoms with van der Waals surface area (Å²) in [4.78, 5) is 14.1. The number of para-hydroxylation sites is 3. The highest BCUT2D eigenvalue weighted by molar-refractivity contribution is 6.13. The number of nitrogens with zero attached hydrogens (tertiary/aromatic N) is 4. The van der Waals surface area contributed by atoms with Crippen LogP contribution >= 0.6 is 0 Å². The molecule has 10 aromatic rings. The molecule has 0 aliphatic carbocycles. The third-order valence-corrected chi connectivity index (χ3v) is 10.5. The zero-order valence-corrected chi connectivity index (χ0v) is 29.6. The number of nitrogens with one attached hydrogen (secondary N) is 1. The molecule has 0 saturated carbocycles. The van der Waals surface area contributed by atoms with Gasteiger partial charge in [-0.05, 0) is 89.7 Å². The van der Waals surface area contributed by atoms with Crippen LogP contribution in [0, 0.1) is 6.92 Å². The summed E-state index contributed by atoms with van der Waals surface area (Å²) in [5, 5.41) is 4.85. The van der Waals surface area contributed by atoms with E-state index in [1.165, 1.54) is 32.7 Å².